The molecule has 2 unspecified atom stereocenters. The van der Waals surface area contributed by atoms with Gasteiger partial charge in [-0.2, -0.15) is 0 Å². The Balaban J connectivity index is 2.12. The summed E-state index contributed by atoms with van der Waals surface area (Å²) < 4.78 is 7.45. The Kier molecular flexibility index (Phi) is 6.86. The molecule has 8 nitrogen and oxygen atoms in total. The maximum absolute atomic E-state index is 12.5. The third kappa shape index (κ3) is 5.95. The lowest BCUT2D eigenvalue weighted by Gasteiger charge is -2.41. The predicted molar refractivity (Wildman–Crippen MR) is 103 cm³/mol. The zero-order valence-corrected chi connectivity index (χ0v) is 17.4. The molecule has 0 aliphatic carbocycles. The van der Waals surface area contributed by atoms with Gasteiger partial charge in [-0.3, -0.25) is 9.69 Å². The van der Waals surface area contributed by atoms with Crippen LogP contribution < -0.4 is 5.32 Å². The third-order valence-electron chi connectivity index (χ3n) is 4.67. The van der Waals surface area contributed by atoms with Crippen LogP contribution in [0.25, 0.3) is 0 Å². The van der Waals surface area contributed by atoms with E-state index in [-0.39, 0.29) is 30.6 Å². The molecule has 8 heteroatoms. The van der Waals surface area contributed by atoms with Crippen LogP contribution in [0.4, 0.5) is 4.79 Å². The number of rotatable bonds is 5. The van der Waals surface area contributed by atoms with E-state index < -0.39 is 5.60 Å². The molecule has 2 heterocycles. The van der Waals surface area contributed by atoms with Crippen molar-refractivity contribution in [3.63, 3.8) is 0 Å². The molecule has 0 saturated carbocycles. The molecule has 0 bridgehead atoms. The molecule has 2 amide bonds. The van der Waals surface area contributed by atoms with E-state index in [9.17, 15) is 9.59 Å². The topological polar surface area (TPSA) is 79.7 Å². The number of carbonyl (C=O) groups excluding carboxylic acids is 2. The van der Waals surface area contributed by atoms with E-state index in [0.717, 1.165) is 12.2 Å². The van der Waals surface area contributed by atoms with E-state index in [1.54, 1.807) is 11.1 Å². The van der Waals surface area contributed by atoms with Crippen LogP contribution in [0.5, 0.6) is 0 Å². The van der Waals surface area contributed by atoms with E-state index in [0.29, 0.717) is 19.6 Å². The van der Waals surface area contributed by atoms with E-state index in [1.165, 1.54) is 0 Å². The first-order chi connectivity index (χ1) is 12.6. The lowest BCUT2D eigenvalue weighted by molar-refractivity contribution is -0.124. The Morgan fingerprint density at radius 2 is 2.07 bits per heavy atom. The molecule has 1 aromatic heterocycles. The van der Waals surface area contributed by atoms with Gasteiger partial charge in [-0.25, -0.2) is 9.78 Å². The average Bonchev–Trinajstić information content (AvgIpc) is 2.99. The molecule has 0 aromatic carbocycles. The number of nitrogens with zero attached hydrogens (tertiary/aromatic N) is 4. The van der Waals surface area contributed by atoms with Crippen LogP contribution >= 0.6 is 0 Å². The molecule has 2 atom stereocenters. The number of imidazole rings is 1. The molecule has 1 saturated heterocycles. The molecule has 1 N–H and O–H groups in total. The van der Waals surface area contributed by atoms with Crippen molar-refractivity contribution >= 4 is 12.0 Å². The van der Waals surface area contributed by atoms with Crippen molar-refractivity contribution in [2.24, 2.45) is 7.05 Å². The van der Waals surface area contributed by atoms with Gasteiger partial charge < -0.3 is 19.5 Å². The van der Waals surface area contributed by atoms with Crippen molar-refractivity contribution in [3.8, 4) is 0 Å². The number of amides is 2. The highest BCUT2D eigenvalue weighted by Crippen LogP contribution is 2.25. The number of aryl methyl sites for hydroxylation is 1. The van der Waals surface area contributed by atoms with Gasteiger partial charge >= 0.3 is 6.09 Å². The minimum Gasteiger partial charge on any atom is -0.444 e. The average molecular weight is 380 g/mol. The van der Waals surface area contributed by atoms with Gasteiger partial charge in [0.25, 0.3) is 0 Å². The number of hydrogen-bond donors (Lipinski definition) is 1. The van der Waals surface area contributed by atoms with Gasteiger partial charge in [-0.15, -0.1) is 0 Å². The maximum atomic E-state index is 12.5. The highest BCUT2D eigenvalue weighted by atomic mass is 16.6. The summed E-state index contributed by atoms with van der Waals surface area (Å²) in [5.74, 6) is 0.828. The second-order valence-corrected chi connectivity index (χ2v) is 8.19. The Morgan fingerprint density at radius 3 is 2.63 bits per heavy atom. The van der Waals surface area contributed by atoms with E-state index in [1.807, 2.05) is 52.4 Å². The summed E-state index contributed by atoms with van der Waals surface area (Å²) in [6, 6.07) is -0.0129. The Labute approximate surface area is 161 Å². The Hall–Kier alpha value is -2.09. The molecule has 1 aliphatic heterocycles. The van der Waals surface area contributed by atoms with Crippen LogP contribution in [0, 0.1) is 0 Å². The van der Waals surface area contributed by atoms with Crippen LogP contribution in [0.3, 0.4) is 0 Å². The summed E-state index contributed by atoms with van der Waals surface area (Å²) in [5, 5.41) is 3.01. The van der Waals surface area contributed by atoms with Gasteiger partial charge in [-0.05, 0) is 34.1 Å². The van der Waals surface area contributed by atoms with Crippen LogP contribution in [0.1, 0.15) is 52.9 Å². The number of ether oxygens (including phenoxy) is 1. The van der Waals surface area contributed by atoms with Gasteiger partial charge in [0.2, 0.25) is 5.91 Å². The zero-order valence-electron chi connectivity index (χ0n) is 17.4. The Bertz CT molecular complexity index is 652. The molecular formula is C19H33N5O3. The summed E-state index contributed by atoms with van der Waals surface area (Å²) in [6.45, 7) is 11.4. The number of piperazine rings is 1. The number of hydrogen-bond acceptors (Lipinski definition) is 5. The lowest BCUT2D eigenvalue weighted by atomic mass is 10.1. The number of aromatic nitrogens is 2. The van der Waals surface area contributed by atoms with E-state index in [4.69, 9.17) is 4.74 Å². The molecule has 27 heavy (non-hydrogen) atoms. The van der Waals surface area contributed by atoms with Crippen molar-refractivity contribution in [3.05, 3.63) is 18.2 Å². The first-order valence-electron chi connectivity index (χ1n) is 9.59. The predicted octanol–water partition coefficient (Wildman–Crippen LogP) is 1.93. The fraction of sp³-hybridized carbons (Fsp3) is 0.737. The molecular weight excluding hydrogens is 346 g/mol. The molecule has 152 valence electrons. The lowest BCUT2D eigenvalue weighted by Crippen LogP contribution is -2.54. The highest BCUT2D eigenvalue weighted by molar-refractivity contribution is 5.78. The first kappa shape index (κ1) is 21.2. The SMILES string of the molecule is CCC(C)NC(=O)CN1CCN(C(=O)OC(C)(C)C)CC1c1nccn1C. The van der Waals surface area contributed by atoms with Crippen molar-refractivity contribution in [1.82, 2.24) is 24.7 Å². The number of carbonyl (C=O) groups is 2. The Morgan fingerprint density at radius 1 is 1.37 bits per heavy atom. The van der Waals surface area contributed by atoms with Gasteiger partial charge in [-0.1, -0.05) is 6.92 Å². The standard InChI is InChI=1S/C19H33N5O3/c1-7-14(2)21-16(25)13-23-10-11-24(18(26)27-19(3,4)5)12-15(23)17-20-8-9-22(17)6/h8-9,14-15H,7,10-13H2,1-6H3,(H,21,25). The van der Waals surface area contributed by atoms with Crippen molar-refractivity contribution in [1.29, 1.82) is 0 Å². The van der Waals surface area contributed by atoms with Crippen LogP contribution in [0.2, 0.25) is 0 Å². The smallest absolute Gasteiger partial charge is 0.410 e. The van der Waals surface area contributed by atoms with Crippen LogP contribution in [-0.2, 0) is 16.6 Å². The molecule has 1 aromatic rings. The maximum Gasteiger partial charge on any atom is 0.410 e. The van der Waals surface area contributed by atoms with Gasteiger partial charge in [0, 0.05) is 45.1 Å². The van der Waals surface area contributed by atoms with Gasteiger partial charge in [0.15, 0.2) is 0 Å². The summed E-state index contributed by atoms with van der Waals surface area (Å²) in [6.07, 6.45) is 4.17. The normalized spacial score (nSPS) is 19.6. The second kappa shape index (κ2) is 8.73. The molecule has 1 aliphatic rings. The molecule has 0 spiro atoms. The second-order valence-electron chi connectivity index (χ2n) is 8.19. The van der Waals surface area contributed by atoms with Crippen LogP contribution in [0.15, 0.2) is 12.4 Å². The van der Waals surface area contributed by atoms with Crippen molar-refractivity contribution < 1.29 is 14.3 Å². The highest BCUT2D eigenvalue weighted by Gasteiger charge is 2.35. The molecule has 0 radical (unpaired) electrons. The van der Waals surface area contributed by atoms with Crippen LogP contribution in [-0.4, -0.2) is 69.2 Å². The van der Waals surface area contributed by atoms with Gasteiger partial charge in [0.1, 0.15) is 11.4 Å². The summed E-state index contributed by atoms with van der Waals surface area (Å²) >= 11 is 0. The molecule has 2 rings (SSSR count). The molecule has 1 fully saturated rings. The third-order valence-corrected chi connectivity index (χ3v) is 4.67. The fourth-order valence-electron chi connectivity index (χ4n) is 3.05. The van der Waals surface area contributed by atoms with E-state index >= 15 is 0 Å². The quantitative estimate of drug-likeness (QED) is 0.846. The summed E-state index contributed by atoms with van der Waals surface area (Å²) in [4.78, 5) is 33.1. The minimum atomic E-state index is -0.539. The van der Waals surface area contributed by atoms with Crippen molar-refractivity contribution in [2.75, 3.05) is 26.2 Å². The minimum absolute atomic E-state index is 0.00530. The first-order valence-corrected chi connectivity index (χ1v) is 9.59. The van der Waals surface area contributed by atoms with Gasteiger partial charge in [0.05, 0.1) is 12.6 Å². The fourth-order valence-corrected chi connectivity index (χ4v) is 3.05. The summed E-state index contributed by atoms with van der Waals surface area (Å²) in [5.41, 5.74) is -0.539. The number of nitrogens with one attached hydrogen (secondary N) is 1. The monoisotopic (exact) mass is 379 g/mol. The summed E-state index contributed by atoms with van der Waals surface area (Å²) in [7, 11) is 1.92. The zero-order chi connectivity index (χ0) is 20.2. The largest absolute Gasteiger partial charge is 0.444 e. The van der Waals surface area contributed by atoms with E-state index in [2.05, 4.69) is 15.2 Å². The van der Waals surface area contributed by atoms with Crippen molar-refractivity contribution in [2.45, 2.75) is 58.7 Å².